The maximum absolute atomic E-state index is 11.8. The predicted molar refractivity (Wildman–Crippen MR) is 69.5 cm³/mol. The first-order valence-corrected chi connectivity index (χ1v) is 5.91. The van der Waals surface area contributed by atoms with E-state index in [2.05, 4.69) is 4.74 Å². The van der Waals surface area contributed by atoms with Crippen molar-refractivity contribution in [3.63, 3.8) is 0 Å². The molecule has 0 saturated carbocycles. The lowest BCUT2D eigenvalue weighted by Gasteiger charge is -2.16. The number of carbonyl (C=O) groups excluding carboxylic acids is 3. The van der Waals surface area contributed by atoms with Gasteiger partial charge in [0.15, 0.2) is 0 Å². The van der Waals surface area contributed by atoms with Crippen LogP contribution in [0.1, 0.15) is 12.0 Å². The molecule has 7 nitrogen and oxygen atoms in total. The average Bonchev–Trinajstić information content (AvgIpc) is 2.46. The van der Waals surface area contributed by atoms with Gasteiger partial charge in [0.25, 0.3) is 0 Å². The number of nitrogens with zero attached hydrogens (tertiary/aromatic N) is 1. The lowest BCUT2D eigenvalue weighted by atomic mass is 10.2. The summed E-state index contributed by atoms with van der Waals surface area (Å²) in [6, 6.07) is 8.87. The highest BCUT2D eigenvalue weighted by Crippen LogP contribution is 2.06. The van der Waals surface area contributed by atoms with Crippen molar-refractivity contribution < 1.29 is 23.9 Å². The SMILES string of the molecule is COC(=O)N(C(=O)CCN)C(=O)OCc1ccccc1. The van der Waals surface area contributed by atoms with Crippen molar-refractivity contribution in [2.45, 2.75) is 13.0 Å². The topological polar surface area (TPSA) is 98.9 Å². The summed E-state index contributed by atoms with van der Waals surface area (Å²) in [7, 11) is 1.07. The molecule has 1 rings (SSSR count). The number of carbonyl (C=O) groups is 3. The van der Waals surface area contributed by atoms with E-state index in [1.165, 1.54) is 0 Å². The van der Waals surface area contributed by atoms with Crippen molar-refractivity contribution in [3.05, 3.63) is 35.9 Å². The van der Waals surface area contributed by atoms with E-state index in [0.29, 0.717) is 4.90 Å². The molecule has 0 aliphatic heterocycles. The summed E-state index contributed by atoms with van der Waals surface area (Å²) in [6.45, 7) is -0.0403. The second-order valence-corrected chi connectivity index (χ2v) is 3.78. The molecule has 7 heteroatoms. The van der Waals surface area contributed by atoms with Gasteiger partial charge in [0.1, 0.15) is 6.61 Å². The van der Waals surface area contributed by atoms with E-state index < -0.39 is 18.1 Å². The van der Waals surface area contributed by atoms with E-state index in [4.69, 9.17) is 10.5 Å². The summed E-state index contributed by atoms with van der Waals surface area (Å²) in [6.07, 6.45) is -2.34. The van der Waals surface area contributed by atoms with Gasteiger partial charge in [0.05, 0.1) is 7.11 Å². The van der Waals surface area contributed by atoms with Gasteiger partial charge in [-0.1, -0.05) is 30.3 Å². The Morgan fingerprint density at radius 1 is 1.15 bits per heavy atom. The molecule has 0 heterocycles. The van der Waals surface area contributed by atoms with E-state index >= 15 is 0 Å². The molecule has 0 aliphatic rings. The number of methoxy groups -OCH3 is 1. The van der Waals surface area contributed by atoms with Gasteiger partial charge >= 0.3 is 12.2 Å². The fraction of sp³-hybridized carbons (Fsp3) is 0.308. The van der Waals surface area contributed by atoms with Crippen molar-refractivity contribution in [1.29, 1.82) is 0 Å². The van der Waals surface area contributed by atoms with Crippen molar-refractivity contribution in [1.82, 2.24) is 4.90 Å². The van der Waals surface area contributed by atoms with Gasteiger partial charge < -0.3 is 15.2 Å². The number of imide groups is 3. The number of benzene rings is 1. The molecule has 3 amide bonds. The van der Waals surface area contributed by atoms with E-state index in [1.807, 2.05) is 6.07 Å². The van der Waals surface area contributed by atoms with E-state index in [1.54, 1.807) is 24.3 Å². The predicted octanol–water partition coefficient (Wildman–Crippen LogP) is 1.27. The first kappa shape index (κ1) is 15.6. The molecule has 20 heavy (non-hydrogen) atoms. The van der Waals surface area contributed by atoms with Gasteiger partial charge in [-0.15, -0.1) is 4.90 Å². The Morgan fingerprint density at radius 3 is 2.35 bits per heavy atom. The molecule has 2 N–H and O–H groups in total. The molecule has 1 aromatic carbocycles. The summed E-state index contributed by atoms with van der Waals surface area (Å²) in [4.78, 5) is 35.1. The van der Waals surface area contributed by atoms with E-state index in [0.717, 1.165) is 12.7 Å². The van der Waals surface area contributed by atoms with Crippen molar-refractivity contribution >= 4 is 18.1 Å². The van der Waals surface area contributed by atoms with Crippen LogP contribution >= 0.6 is 0 Å². The second-order valence-electron chi connectivity index (χ2n) is 3.78. The van der Waals surface area contributed by atoms with Crippen molar-refractivity contribution in [2.75, 3.05) is 13.7 Å². The number of hydrogen-bond acceptors (Lipinski definition) is 6. The molecule has 0 aliphatic carbocycles. The van der Waals surface area contributed by atoms with Crippen molar-refractivity contribution in [2.24, 2.45) is 5.73 Å². The number of hydrogen-bond donors (Lipinski definition) is 1. The van der Waals surface area contributed by atoms with Gasteiger partial charge in [0.2, 0.25) is 5.91 Å². The molecule has 0 fully saturated rings. The molecule has 0 atom stereocenters. The zero-order chi connectivity index (χ0) is 15.0. The van der Waals surface area contributed by atoms with Crippen LogP contribution in [0, 0.1) is 0 Å². The van der Waals surface area contributed by atoms with Crippen LogP contribution in [-0.4, -0.2) is 36.6 Å². The van der Waals surface area contributed by atoms with Gasteiger partial charge in [-0.3, -0.25) is 4.79 Å². The highest BCUT2D eigenvalue weighted by molar-refractivity contribution is 6.06. The van der Waals surface area contributed by atoms with Crippen LogP contribution in [0.4, 0.5) is 9.59 Å². The van der Waals surface area contributed by atoms with E-state index in [9.17, 15) is 14.4 Å². The number of amides is 3. The fourth-order valence-electron chi connectivity index (χ4n) is 1.39. The number of rotatable bonds is 4. The first-order chi connectivity index (χ1) is 9.60. The normalized spacial score (nSPS) is 9.70. The number of ether oxygens (including phenoxy) is 2. The minimum absolute atomic E-state index is 0.0122. The van der Waals surface area contributed by atoms with Crippen LogP contribution in [-0.2, 0) is 20.9 Å². The zero-order valence-corrected chi connectivity index (χ0v) is 11.1. The summed E-state index contributed by atoms with van der Waals surface area (Å²) in [5.41, 5.74) is 5.96. The Kier molecular flexibility index (Phi) is 6.18. The van der Waals surface area contributed by atoms with Crippen LogP contribution in [0.3, 0.4) is 0 Å². The molecule has 0 unspecified atom stereocenters. The Morgan fingerprint density at radius 2 is 1.80 bits per heavy atom. The Hall–Kier alpha value is -2.41. The molecule has 0 radical (unpaired) electrons. The Bertz CT molecular complexity index is 475. The van der Waals surface area contributed by atoms with Crippen LogP contribution in [0.2, 0.25) is 0 Å². The highest BCUT2D eigenvalue weighted by atomic mass is 16.6. The monoisotopic (exact) mass is 280 g/mol. The maximum Gasteiger partial charge on any atom is 0.426 e. The second kappa shape index (κ2) is 7.90. The Labute approximate surface area is 116 Å². The third kappa shape index (κ3) is 4.36. The highest BCUT2D eigenvalue weighted by Gasteiger charge is 2.30. The van der Waals surface area contributed by atoms with Crippen LogP contribution in [0.5, 0.6) is 0 Å². The third-order valence-electron chi connectivity index (χ3n) is 2.35. The summed E-state index contributed by atoms with van der Waals surface area (Å²) < 4.78 is 9.28. The van der Waals surface area contributed by atoms with Crippen molar-refractivity contribution in [3.8, 4) is 0 Å². The Balaban J connectivity index is 2.68. The maximum atomic E-state index is 11.8. The van der Waals surface area contributed by atoms with Gasteiger partial charge in [-0.2, -0.15) is 0 Å². The molecule has 1 aromatic rings. The molecule has 108 valence electrons. The summed E-state index contributed by atoms with van der Waals surface area (Å²) in [5.74, 6) is -0.766. The average molecular weight is 280 g/mol. The number of nitrogens with two attached hydrogens (primary N) is 1. The van der Waals surface area contributed by atoms with E-state index in [-0.39, 0.29) is 19.6 Å². The standard InChI is InChI=1S/C13H16N2O5/c1-19-12(17)15(11(16)7-8-14)13(18)20-9-10-5-3-2-4-6-10/h2-6H,7-9,14H2,1H3. The molecule has 0 bridgehead atoms. The van der Waals surface area contributed by atoms with Gasteiger partial charge in [-0.05, 0) is 5.56 Å². The molecule has 0 spiro atoms. The molecule has 0 saturated heterocycles. The van der Waals surface area contributed by atoms with Crippen LogP contribution in [0.15, 0.2) is 30.3 Å². The minimum atomic E-state index is -1.10. The van der Waals surface area contributed by atoms with Crippen LogP contribution in [0.25, 0.3) is 0 Å². The summed E-state index contributed by atoms with van der Waals surface area (Å²) >= 11 is 0. The first-order valence-electron chi connectivity index (χ1n) is 5.91. The lowest BCUT2D eigenvalue weighted by Crippen LogP contribution is -2.42. The van der Waals surface area contributed by atoms with Crippen LogP contribution < -0.4 is 5.73 Å². The van der Waals surface area contributed by atoms with Gasteiger partial charge in [0, 0.05) is 13.0 Å². The lowest BCUT2D eigenvalue weighted by molar-refractivity contribution is -0.127. The zero-order valence-electron chi connectivity index (χ0n) is 11.1. The summed E-state index contributed by atoms with van der Waals surface area (Å²) in [5, 5.41) is 0. The fourth-order valence-corrected chi connectivity index (χ4v) is 1.39. The molecule has 0 aromatic heterocycles. The third-order valence-corrected chi connectivity index (χ3v) is 2.35. The minimum Gasteiger partial charge on any atom is -0.452 e. The van der Waals surface area contributed by atoms with Gasteiger partial charge in [-0.25, -0.2) is 9.59 Å². The smallest absolute Gasteiger partial charge is 0.426 e. The largest absolute Gasteiger partial charge is 0.452 e. The molecular formula is C13H16N2O5. The molecular weight excluding hydrogens is 264 g/mol. The quantitative estimate of drug-likeness (QED) is 0.891.